The molecule has 1 aliphatic heterocycles. The predicted molar refractivity (Wildman–Crippen MR) is 34.8 cm³/mol. The lowest BCUT2D eigenvalue weighted by atomic mass is 10.1. The molecule has 1 heterocycles. The minimum atomic E-state index is -1.15. The van der Waals surface area contributed by atoms with Crippen LogP contribution in [0.5, 0.6) is 0 Å². The third kappa shape index (κ3) is 1.69. The molecule has 0 saturated carbocycles. The molecule has 0 aromatic rings. The fraction of sp³-hybridized carbons (Fsp3) is 1.00. The molecule has 4 atom stereocenters. The van der Waals surface area contributed by atoms with Crippen LogP contribution in [-0.2, 0) is 9.47 Å². The maximum Gasteiger partial charge on any atom is 0.183 e. The fourth-order valence-electron chi connectivity index (χ4n) is 1.03. The van der Waals surface area contributed by atoms with Gasteiger partial charge in [-0.3, -0.25) is 0 Å². The first-order valence-corrected chi connectivity index (χ1v) is 3.35. The van der Waals surface area contributed by atoms with E-state index in [2.05, 4.69) is 4.74 Å². The Bertz CT molecular complexity index is 128. The Kier molecular flexibility index (Phi) is 2.80. The molecule has 0 aromatic carbocycles. The number of ether oxygens (including phenoxy) is 2. The Hall–Kier alpha value is -0.200. The second-order valence-electron chi connectivity index (χ2n) is 2.48. The predicted octanol–water partition coefficient (Wildman–Crippen LogP) is -1.93. The first-order chi connectivity index (χ1) is 5.16. The summed E-state index contributed by atoms with van der Waals surface area (Å²) in [6, 6.07) is 0. The highest BCUT2D eigenvalue weighted by molar-refractivity contribution is 4.82. The molecule has 1 fully saturated rings. The quantitative estimate of drug-likeness (QED) is 0.420. The van der Waals surface area contributed by atoms with Gasteiger partial charge in [0.15, 0.2) is 6.29 Å². The van der Waals surface area contributed by atoms with Crippen molar-refractivity contribution in [2.75, 3.05) is 13.7 Å². The van der Waals surface area contributed by atoms with Crippen molar-refractivity contribution >= 4 is 0 Å². The summed E-state index contributed by atoms with van der Waals surface area (Å²) in [5, 5.41) is 27.3. The fourth-order valence-corrected chi connectivity index (χ4v) is 1.03. The van der Waals surface area contributed by atoms with E-state index in [9.17, 15) is 5.11 Å². The maximum atomic E-state index is 9.19. The summed E-state index contributed by atoms with van der Waals surface area (Å²) >= 11 is 0. The van der Waals surface area contributed by atoms with Crippen LogP contribution in [0.4, 0.5) is 0 Å². The molecule has 0 spiro atoms. The molecular formula is C6H12O5. The van der Waals surface area contributed by atoms with E-state index in [0.29, 0.717) is 0 Å². The van der Waals surface area contributed by atoms with Gasteiger partial charge in [-0.25, -0.2) is 0 Å². The molecule has 0 bridgehead atoms. The molecule has 0 unspecified atom stereocenters. The van der Waals surface area contributed by atoms with E-state index in [0.717, 1.165) is 0 Å². The molecule has 66 valence electrons. The highest BCUT2D eigenvalue weighted by atomic mass is 16.6. The van der Waals surface area contributed by atoms with Crippen LogP contribution in [0.2, 0.25) is 0 Å². The summed E-state index contributed by atoms with van der Waals surface area (Å²) in [7, 11) is 1.33. The number of hydrogen-bond donors (Lipinski definition) is 3. The minimum absolute atomic E-state index is 0.0673. The summed E-state index contributed by atoms with van der Waals surface area (Å²) < 4.78 is 9.39. The Morgan fingerprint density at radius 3 is 2.45 bits per heavy atom. The third-order valence-electron chi connectivity index (χ3n) is 1.72. The summed E-state index contributed by atoms with van der Waals surface area (Å²) in [6.45, 7) is -0.0673. The van der Waals surface area contributed by atoms with Gasteiger partial charge in [-0.1, -0.05) is 0 Å². The van der Waals surface area contributed by atoms with Gasteiger partial charge in [-0.2, -0.15) is 0 Å². The SMILES string of the molecule is CO[C@@H]1[C@H](O)[C@H](O)CO[C@@H]1O. The molecule has 0 aromatic heterocycles. The van der Waals surface area contributed by atoms with Crippen LogP contribution in [-0.4, -0.2) is 53.6 Å². The van der Waals surface area contributed by atoms with E-state index < -0.39 is 24.6 Å². The van der Waals surface area contributed by atoms with Crippen molar-refractivity contribution in [1.29, 1.82) is 0 Å². The number of hydrogen-bond acceptors (Lipinski definition) is 5. The van der Waals surface area contributed by atoms with Gasteiger partial charge in [0.2, 0.25) is 0 Å². The zero-order chi connectivity index (χ0) is 8.43. The second-order valence-corrected chi connectivity index (χ2v) is 2.48. The van der Waals surface area contributed by atoms with Crippen molar-refractivity contribution in [1.82, 2.24) is 0 Å². The Morgan fingerprint density at radius 1 is 1.36 bits per heavy atom. The van der Waals surface area contributed by atoms with Crippen molar-refractivity contribution in [3.05, 3.63) is 0 Å². The average Bonchev–Trinajstić information content (AvgIpc) is 1.99. The molecule has 1 rings (SSSR count). The molecule has 0 radical (unpaired) electrons. The van der Waals surface area contributed by atoms with Gasteiger partial charge < -0.3 is 24.8 Å². The highest BCUT2D eigenvalue weighted by Crippen LogP contribution is 2.15. The summed E-state index contributed by atoms with van der Waals surface area (Å²) in [6.07, 6.45) is -4.08. The summed E-state index contributed by atoms with van der Waals surface area (Å²) in [4.78, 5) is 0. The van der Waals surface area contributed by atoms with Crippen LogP contribution in [0.1, 0.15) is 0 Å². The third-order valence-corrected chi connectivity index (χ3v) is 1.72. The zero-order valence-corrected chi connectivity index (χ0v) is 6.17. The molecule has 1 aliphatic rings. The van der Waals surface area contributed by atoms with Crippen molar-refractivity contribution < 1.29 is 24.8 Å². The normalized spacial score (nSPS) is 45.8. The Labute approximate surface area is 64.2 Å². The number of aliphatic hydroxyl groups excluding tert-OH is 3. The van der Waals surface area contributed by atoms with Gasteiger partial charge in [-0.15, -0.1) is 0 Å². The molecule has 0 amide bonds. The minimum Gasteiger partial charge on any atom is -0.388 e. The van der Waals surface area contributed by atoms with Crippen molar-refractivity contribution in [2.24, 2.45) is 0 Å². The van der Waals surface area contributed by atoms with Crippen LogP contribution in [0.25, 0.3) is 0 Å². The smallest absolute Gasteiger partial charge is 0.183 e. The van der Waals surface area contributed by atoms with Crippen LogP contribution in [0.15, 0.2) is 0 Å². The zero-order valence-electron chi connectivity index (χ0n) is 6.17. The van der Waals surface area contributed by atoms with Crippen molar-refractivity contribution in [2.45, 2.75) is 24.6 Å². The monoisotopic (exact) mass is 164 g/mol. The first-order valence-electron chi connectivity index (χ1n) is 3.35. The van der Waals surface area contributed by atoms with E-state index in [1.165, 1.54) is 7.11 Å². The summed E-state index contributed by atoms with van der Waals surface area (Å²) in [5.74, 6) is 0. The standard InChI is InChI=1S/C6H12O5/c1-10-5-4(8)3(7)2-11-6(5)9/h3-9H,2H2,1H3/t3-,4-,5-,6+/m1/s1. The lowest BCUT2D eigenvalue weighted by Gasteiger charge is -2.34. The van der Waals surface area contributed by atoms with Gasteiger partial charge in [0.05, 0.1) is 6.61 Å². The molecular weight excluding hydrogens is 152 g/mol. The Balaban J connectivity index is 2.55. The topological polar surface area (TPSA) is 79.2 Å². The van der Waals surface area contributed by atoms with E-state index >= 15 is 0 Å². The molecule has 0 aliphatic carbocycles. The van der Waals surface area contributed by atoms with E-state index in [-0.39, 0.29) is 6.61 Å². The Morgan fingerprint density at radius 2 is 2.00 bits per heavy atom. The van der Waals surface area contributed by atoms with Gasteiger partial charge >= 0.3 is 0 Å². The number of rotatable bonds is 1. The van der Waals surface area contributed by atoms with Crippen LogP contribution in [0.3, 0.4) is 0 Å². The lowest BCUT2D eigenvalue weighted by molar-refractivity contribution is -0.258. The van der Waals surface area contributed by atoms with Crippen molar-refractivity contribution in [3.8, 4) is 0 Å². The second kappa shape index (κ2) is 3.46. The maximum absolute atomic E-state index is 9.19. The number of aliphatic hydroxyl groups is 3. The molecule has 3 N–H and O–H groups in total. The van der Waals surface area contributed by atoms with Gasteiger partial charge in [0, 0.05) is 7.11 Å². The highest BCUT2D eigenvalue weighted by Gasteiger charge is 2.37. The number of methoxy groups -OCH3 is 1. The van der Waals surface area contributed by atoms with Gasteiger partial charge in [0.25, 0.3) is 0 Å². The van der Waals surface area contributed by atoms with E-state index in [1.807, 2.05) is 0 Å². The van der Waals surface area contributed by atoms with Crippen LogP contribution >= 0.6 is 0 Å². The van der Waals surface area contributed by atoms with Crippen LogP contribution in [0, 0.1) is 0 Å². The molecule has 5 heteroatoms. The molecule has 11 heavy (non-hydrogen) atoms. The summed E-state index contributed by atoms with van der Waals surface area (Å²) in [5.41, 5.74) is 0. The van der Waals surface area contributed by atoms with Gasteiger partial charge in [-0.05, 0) is 0 Å². The molecule has 1 saturated heterocycles. The average molecular weight is 164 g/mol. The van der Waals surface area contributed by atoms with Crippen molar-refractivity contribution in [3.63, 3.8) is 0 Å². The lowest BCUT2D eigenvalue weighted by Crippen LogP contribution is -2.53. The molecule has 5 nitrogen and oxygen atoms in total. The van der Waals surface area contributed by atoms with Gasteiger partial charge in [0.1, 0.15) is 18.3 Å². The largest absolute Gasteiger partial charge is 0.388 e. The first kappa shape index (κ1) is 8.89. The van der Waals surface area contributed by atoms with E-state index in [1.54, 1.807) is 0 Å². The van der Waals surface area contributed by atoms with Crippen LogP contribution < -0.4 is 0 Å². The van der Waals surface area contributed by atoms with E-state index in [4.69, 9.17) is 14.9 Å².